The number of amides is 1. The number of para-hydroxylation sites is 3. The van der Waals surface area contributed by atoms with Crippen LogP contribution in [0.15, 0.2) is 91.0 Å². The zero-order valence-corrected chi connectivity index (χ0v) is 22.7. The molecule has 40 heavy (non-hydrogen) atoms. The van der Waals surface area contributed by atoms with Crippen molar-refractivity contribution in [3.05, 3.63) is 96.7 Å². The van der Waals surface area contributed by atoms with Crippen LogP contribution in [0.3, 0.4) is 0 Å². The number of carbonyl (C=O) groups is 1. The van der Waals surface area contributed by atoms with Crippen LogP contribution in [0, 0.1) is 0 Å². The largest absolute Gasteiger partial charge is 0.496 e. The Balaban J connectivity index is 1.35. The number of benzene rings is 3. The van der Waals surface area contributed by atoms with Crippen LogP contribution >= 0.6 is 0 Å². The van der Waals surface area contributed by atoms with Crippen LogP contribution in [0.1, 0.15) is 17.4 Å². The van der Waals surface area contributed by atoms with Crippen LogP contribution < -0.4 is 14.4 Å². The summed E-state index contributed by atoms with van der Waals surface area (Å²) in [5.74, 6) is 1.48. The van der Waals surface area contributed by atoms with Crippen molar-refractivity contribution in [2.45, 2.75) is 6.92 Å². The molecular formula is C32H31N5O3. The van der Waals surface area contributed by atoms with Gasteiger partial charge in [-0.3, -0.25) is 4.79 Å². The molecule has 0 N–H and O–H groups in total. The Kier molecular flexibility index (Phi) is 7.06. The first-order valence-corrected chi connectivity index (χ1v) is 13.5. The fraction of sp³-hybridized carbons (Fsp3) is 0.219. The molecule has 0 radical (unpaired) electrons. The summed E-state index contributed by atoms with van der Waals surface area (Å²) in [4.78, 5) is 23.1. The molecule has 202 valence electrons. The number of hydrogen-bond acceptors (Lipinski definition) is 6. The minimum Gasteiger partial charge on any atom is -0.496 e. The number of methoxy groups -OCH3 is 1. The van der Waals surface area contributed by atoms with Crippen molar-refractivity contribution in [3.63, 3.8) is 0 Å². The average Bonchev–Trinajstić information content (AvgIpc) is 3.46. The zero-order chi connectivity index (χ0) is 27.5. The highest BCUT2D eigenvalue weighted by Gasteiger charge is 2.27. The van der Waals surface area contributed by atoms with Crippen molar-refractivity contribution in [2.24, 2.45) is 0 Å². The third-order valence-corrected chi connectivity index (χ3v) is 7.17. The highest BCUT2D eigenvalue weighted by Crippen LogP contribution is 2.32. The maximum Gasteiger partial charge on any atom is 0.272 e. The summed E-state index contributed by atoms with van der Waals surface area (Å²) >= 11 is 0. The van der Waals surface area contributed by atoms with Crippen molar-refractivity contribution >= 4 is 17.2 Å². The second-order valence-corrected chi connectivity index (χ2v) is 9.57. The number of ether oxygens (including phenoxy) is 2. The van der Waals surface area contributed by atoms with E-state index in [9.17, 15) is 4.79 Å². The van der Waals surface area contributed by atoms with E-state index in [4.69, 9.17) is 19.6 Å². The molecule has 3 aromatic carbocycles. The fourth-order valence-corrected chi connectivity index (χ4v) is 5.18. The molecule has 2 aromatic heterocycles. The van der Waals surface area contributed by atoms with E-state index < -0.39 is 0 Å². The van der Waals surface area contributed by atoms with Crippen LogP contribution in [0.5, 0.6) is 11.5 Å². The third kappa shape index (κ3) is 4.84. The first-order valence-electron chi connectivity index (χ1n) is 13.5. The summed E-state index contributed by atoms with van der Waals surface area (Å²) in [5.41, 5.74) is 5.34. The highest BCUT2D eigenvalue weighted by atomic mass is 16.5. The summed E-state index contributed by atoms with van der Waals surface area (Å²) in [5, 5.41) is 4.82. The van der Waals surface area contributed by atoms with E-state index in [1.54, 1.807) is 11.6 Å². The summed E-state index contributed by atoms with van der Waals surface area (Å²) in [6, 6.07) is 29.5. The molecule has 3 heterocycles. The molecule has 0 unspecified atom stereocenters. The Morgan fingerprint density at radius 3 is 2.27 bits per heavy atom. The number of hydrogen-bond donors (Lipinski definition) is 0. The van der Waals surface area contributed by atoms with Gasteiger partial charge in [0.2, 0.25) is 0 Å². The summed E-state index contributed by atoms with van der Waals surface area (Å²) in [7, 11) is 1.64. The number of aromatic nitrogens is 3. The standard InChI is InChI=1S/C32H31N5O3/c1-3-40-30-16-10-8-14-27(30)35-17-19-36(20-18-35)32(38)28-21-26(24-13-7-9-15-29(24)39-2)33-31-22-25(34-37(28)31)23-11-5-4-6-12-23/h4-16,21-22H,3,17-20H2,1-2H3. The molecule has 5 aromatic rings. The molecule has 1 fully saturated rings. The first kappa shape index (κ1) is 25.4. The van der Waals surface area contributed by atoms with Crippen LogP contribution in [-0.2, 0) is 0 Å². The Hall–Kier alpha value is -4.85. The smallest absolute Gasteiger partial charge is 0.272 e. The molecule has 1 aliphatic rings. The predicted octanol–water partition coefficient (Wildman–Crippen LogP) is 5.43. The van der Waals surface area contributed by atoms with E-state index in [2.05, 4.69) is 11.0 Å². The van der Waals surface area contributed by atoms with Crippen LogP contribution in [0.25, 0.3) is 28.2 Å². The molecule has 1 saturated heterocycles. The summed E-state index contributed by atoms with van der Waals surface area (Å²) in [6.45, 7) is 5.17. The van der Waals surface area contributed by atoms with Gasteiger partial charge in [0.25, 0.3) is 5.91 Å². The van der Waals surface area contributed by atoms with Crippen molar-refractivity contribution < 1.29 is 14.3 Å². The van der Waals surface area contributed by atoms with Crippen LogP contribution in [-0.4, -0.2) is 65.3 Å². The van der Waals surface area contributed by atoms with Crippen molar-refractivity contribution in [1.29, 1.82) is 0 Å². The first-order chi connectivity index (χ1) is 19.7. The summed E-state index contributed by atoms with van der Waals surface area (Å²) in [6.07, 6.45) is 0. The van der Waals surface area contributed by atoms with E-state index in [0.717, 1.165) is 28.3 Å². The molecular weight excluding hydrogens is 502 g/mol. The lowest BCUT2D eigenvalue weighted by Gasteiger charge is -2.36. The average molecular weight is 534 g/mol. The molecule has 8 nitrogen and oxygen atoms in total. The maximum absolute atomic E-state index is 14.1. The lowest BCUT2D eigenvalue weighted by atomic mass is 10.1. The second-order valence-electron chi connectivity index (χ2n) is 9.57. The number of carbonyl (C=O) groups excluding carboxylic acids is 1. The predicted molar refractivity (Wildman–Crippen MR) is 156 cm³/mol. The number of anilines is 1. The van der Waals surface area contributed by atoms with Gasteiger partial charge in [0.15, 0.2) is 5.65 Å². The Bertz CT molecular complexity index is 1640. The van der Waals surface area contributed by atoms with Gasteiger partial charge in [-0.2, -0.15) is 5.10 Å². The van der Waals surface area contributed by atoms with E-state index in [1.165, 1.54) is 0 Å². The van der Waals surface area contributed by atoms with Gasteiger partial charge in [0.1, 0.15) is 17.2 Å². The molecule has 1 aliphatic heterocycles. The van der Waals surface area contributed by atoms with Crippen molar-refractivity contribution in [1.82, 2.24) is 19.5 Å². The SMILES string of the molecule is CCOc1ccccc1N1CCN(C(=O)c2cc(-c3ccccc3OC)nc3cc(-c4ccccc4)nn23)CC1. The Morgan fingerprint density at radius 2 is 1.52 bits per heavy atom. The van der Waals surface area contributed by atoms with E-state index >= 15 is 0 Å². The Morgan fingerprint density at radius 1 is 0.825 bits per heavy atom. The molecule has 0 aliphatic carbocycles. The minimum absolute atomic E-state index is 0.0796. The van der Waals surface area contributed by atoms with Crippen LogP contribution in [0.2, 0.25) is 0 Å². The number of fused-ring (bicyclic) bond motifs is 1. The molecule has 1 amide bonds. The van der Waals surface area contributed by atoms with Gasteiger partial charge in [0, 0.05) is 43.4 Å². The molecule has 0 spiro atoms. The van der Waals surface area contributed by atoms with Crippen LogP contribution in [0.4, 0.5) is 5.69 Å². The van der Waals surface area contributed by atoms with Gasteiger partial charge in [0.05, 0.1) is 30.8 Å². The monoisotopic (exact) mass is 533 g/mol. The molecule has 0 bridgehead atoms. The lowest BCUT2D eigenvalue weighted by molar-refractivity contribution is 0.0737. The minimum atomic E-state index is -0.0796. The van der Waals surface area contributed by atoms with Gasteiger partial charge in [-0.25, -0.2) is 9.50 Å². The van der Waals surface area contributed by atoms with Gasteiger partial charge in [-0.15, -0.1) is 0 Å². The van der Waals surface area contributed by atoms with E-state index in [1.807, 2.05) is 96.8 Å². The van der Waals surface area contributed by atoms with Gasteiger partial charge < -0.3 is 19.3 Å². The number of nitrogens with zero attached hydrogens (tertiary/aromatic N) is 5. The molecule has 6 rings (SSSR count). The maximum atomic E-state index is 14.1. The number of rotatable bonds is 7. The van der Waals surface area contributed by atoms with Gasteiger partial charge in [-0.05, 0) is 37.3 Å². The second kappa shape index (κ2) is 11.1. The van der Waals surface area contributed by atoms with Gasteiger partial charge in [-0.1, -0.05) is 54.6 Å². The topological polar surface area (TPSA) is 72.2 Å². The Labute approximate surface area is 233 Å². The normalized spacial score (nSPS) is 13.4. The van der Waals surface area contributed by atoms with Gasteiger partial charge >= 0.3 is 0 Å². The molecule has 8 heteroatoms. The molecule has 0 atom stereocenters. The molecule has 0 saturated carbocycles. The lowest BCUT2D eigenvalue weighted by Crippen LogP contribution is -2.49. The zero-order valence-electron chi connectivity index (χ0n) is 22.7. The highest BCUT2D eigenvalue weighted by molar-refractivity contribution is 5.95. The summed E-state index contributed by atoms with van der Waals surface area (Å²) < 4.78 is 13.1. The van der Waals surface area contributed by atoms with E-state index in [-0.39, 0.29) is 5.91 Å². The fourth-order valence-electron chi connectivity index (χ4n) is 5.18. The number of piperazine rings is 1. The van der Waals surface area contributed by atoms with Crippen molar-refractivity contribution in [2.75, 3.05) is 44.8 Å². The quantitative estimate of drug-likeness (QED) is 0.278. The van der Waals surface area contributed by atoms with E-state index in [0.29, 0.717) is 55.6 Å². The third-order valence-electron chi connectivity index (χ3n) is 7.17. The van der Waals surface area contributed by atoms with Crippen molar-refractivity contribution in [3.8, 4) is 34.0 Å².